The lowest BCUT2D eigenvalue weighted by molar-refractivity contribution is 0.100. The van der Waals surface area contributed by atoms with Crippen LogP contribution in [0.4, 0.5) is 0 Å². The molecule has 0 saturated heterocycles. The number of amides is 1. The molecule has 3 aromatic rings. The standard InChI is InChI=1S/C18H16N2O4S/c19-18(21)14-9-12(25(22,23)11-4-2-1-3-5-11)8-13-15-10-20-7-6-16(15)24-17(13)14/h1-5,8-9,20H,6-7,10H2,(H2,19,21). The number of sulfone groups is 1. The SMILES string of the molecule is NC(=O)c1cc(S(=O)(=O)c2ccccc2)cc2c3c(oc12)CCNC3. The summed E-state index contributed by atoms with van der Waals surface area (Å²) in [7, 11) is -3.76. The quantitative estimate of drug-likeness (QED) is 0.747. The molecule has 4 rings (SSSR count). The fourth-order valence-electron chi connectivity index (χ4n) is 3.16. The summed E-state index contributed by atoms with van der Waals surface area (Å²) in [5.41, 5.74) is 6.80. The Morgan fingerprint density at radius 3 is 2.60 bits per heavy atom. The van der Waals surface area contributed by atoms with Gasteiger partial charge < -0.3 is 15.5 Å². The second-order valence-electron chi connectivity index (χ2n) is 5.96. The molecule has 1 amide bonds. The first-order chi connectivity index (χ1) is 12.0. The van der Waals surface area contributed by atoms with Gasteiger partial charge in [-0.25, -0.2) is 8.42 Å². The van der Waals surface area contributed by atoms with Crippen LogP contribution in [0, 0.1) is 0 Å². The predicted octanol–water partition coefficient (Wildman–Crippen LogP) is 2.01. The van der Waals surface area contributed by atoms with Crippen molar-refractivity contribution >= 4 is 26.7 Å². The molecular weight excluding hydrogens is 340 g/mol. The maximum Gasteiger partial charge on any atom is 0.252 e. The molecule has 0 fully saturated rings. The largest absolute Gasteiger partial charge is 0.460 e. The molecule has 128 valence electrons. The third kappa shape index (κ3) is 2.52. The van der Waals surface area contributed by atoms with E-state index in [-0.39, 0.29) is 15.4 Å². The van der Waals surface area contributed by atoms with Crippen LogP contribution >= 0.6 is 0 Å². The van der Waals surface area contributed by atoms with E-state index in [1.54, 1.807) is 24.3 Å². The highest BCUT2D eigenvalue weighted by molar-refractivity contribution is 7.91. The van der Waals surface area contributed by atoms with Crippen molar-refractivity contribution in [3.63, 3.8) is 0 Å². The van der Waals surface area contributed by atoms with Gasteiger partial charge in [-0.15, -0.1) is 0 Å². The zero-order valence-electron chi connectivity index (χ0n) is 13.3. The second-order valence-corrected chi connectivity index (χ2v) is 7.91. The lowest BCUT2D eigenvalue weighted by atomic mass is 10.0. The molecule has 0 aliphatic carbocycles. The second kappa shape index (κ2) is 5.72. The minimum atomic E-state index is -3.76. The molecule has 25 heavy (non-hydrogen) atoms. The van der Waals surface area contributed by atoms with Crippen molar-refractivity contribution in [2.75, 3.05) is 6.54 Å². The molecule has 2 heterocycles. The van der Waals surface area contributed by atoms with E-state index in [4.69, 9.17) is 10.2 Å². The van der Waals surface area contributed by atoms with E-state index in [0.29, 0.717) is 23.9 Å². The monoisotopic (exact) mass is 356 g/mol. The van der Waals surface area contributed by atoms with Crippen molar-refractivity contribution in [3.8, 4) is 0 Å². The number of nitrogens with two attached hydrogens (primary N) is 1. The van der Waals surface area contributed by atoms with E-state index in [2.05, 4.69) is 5.32 Å². The van der Waals surface area contributed by atoms with Crippen LogP contribution in [0.25, 0.3) is 11.0 Å². The maximum absolute atomic E-state index is 12.9. The van der Waals surface area contributed by atoms with Crippen LogP contribution in [-0.2, 0) is 22.8 Å². The van der Waals surface area contributed by atoms with E-state index in [1.165, 1.54) is 18.2 Å². The molecule has 0 radical (unpaired) electrons. The van der Waals surface area contributed by atoms with Crippen molar-refractivity contribution in [2.24, 2.45) is 5.73 Å². The van der Waals surface area contributed by atoms with Gasteiger partial charge in [-0.05, 0) is 24.3 Å². The van der Waals surface area contributed by atoms with E-state index in [1.807, 2.05) is 0 Å². The summed E-state index contributed by atoms with van der Waals surface area (Å²) in [6.07, 6.45) is 0.684. The van der Waals surface area contributed by atoms with Crippen molar-refractivity contribution in [3.05, 3.63) is 59.4 Å². The van der Waals surface area contributed by atoms with Gasteiger partial charge in [-0.3, -0.25) is 4.79 Å². The van der Waals surface area contributed by atoms with E-state index in [9.17, 15) is 13.2 Å². The van der Waals surface area contributed by atoms with Crippen molar-refractivity contribution < 1.29 is 17.6 Å². The minimum absolute atomic E-state index is 0.0363. The first-order valence-electron chi connectivity index (χ1n) is 7.87. The van der Waals surface area contributed by atoms with Crippen molar-refractivity contribution in [1.29, 1.82) is 0 Å². The van der Waals surface area contributed by atoms with Gasteiger partial charge in [0.15, 0.2) is 0 Å². The number of nitrogens with one attached hydrogen (secondary N) is 1. The molecule has 3 N–H and O–H groups in total. The van der Waals surface area contributed by atoms with Gasteiger partial charge in [-0.1, -0.05) is 18.2 Å². The van der Waals surface area contributed by atoms with E-state index < -0.39 is 15.7 Å². The summed E-state index contributed by atoms with van der Waals surface area (Å²) in [5, 5.41) is 3.85. The molecule has 2 aromatic carbocycles. The highest BCUT2D eigenvalue weighted by Crippen LogP contribution is 2.34. The summed E-state index contributed by atoms with van der Waals surface area (Å²) in [6.45, 7) is 1.34. The Labute approximate surface area is 144 Å². The molecule has 0 bridgehead atoms. The number of benzene rings is 2. The van der Waals surface area contributed by atoms with Crippen LogP contribution in [0.5, 0.6) is 0 Å². The maximum atomic E-state index is 12.9. The number of carbonyl (C=O) groups is 1. The van der Waals surface area contributed by atoms with Crippen LogP contribution in [0.15, 0.2) is 56.7 Å². The van der Waals surface area contributed by atoms with Gasteiger partial charge in [0.2, 0.25) is 9.84 Å². The first-order valence-corrected chi connectivity index (χ1v) is 9.36. The van der Waals surface area contributed by atoms with Gasteiger partial charge in [0.25, 0.3) is 5.91 Å². The Hall–Kier alpha value is -2.64. The summed E-state index contributed by atoms with van der Waals surface area (Å²) < 4.78 is 31.7. The zero-order chi connectivity index (χ0) is 17.6. The molecule has 1 aliphatic rings. The van der Waals surface area contributed by atoms with E-state index in [0.717, 1.165) is 17.9 Å². The van der Waals surface area contributed by atoms with Gasteiger partial charge in [0.1, 0.15) is 11.3 Å². The first kappa shape index (κ1) is 15.9. The highest BCUT2D eigenvalue weighted by Gasteiger charge is 2.26. The molecule has 0 saturated carbocycles. The predicted molar refractivity (Wildman–Crippen MR) is 92.0 cm³/mol. The Morgan fingerprint density at radius 1 is 1.12 bits per heavy atom. The number of hydrogen-bond donors (Lipinski definition) is 2. The van der Waals surface area contributed by atoms with Crippen LogP contribution in [0.1, 0.15) is 21.7 Å². The van der Waals surface area contributed by atoms with Gasteiger partial charge in [-0.2, -0.15) is 0 Å². The van der Waals surface area contributed by atoms with Crippen molar-refractivity contribution in [1.82, 2.24) is 5.32 Å². The molecule has 1 aliphatic heterocycles. The number of fused-ring (bicyclic) bond motifs is 3. The van der Waals surface area contributed by atoms with E-state index >= 15 is 0 Å². The third-order valence-electron chi connectivity index (χ3n) is 4.41. The average molecular weight is 356 g/mol. The summed E-state index contributed by atoms with van der Waals surface area (Å²) >= 11 is 0. The fourth-order valence-corrected chi connectivity index (χ4v) is 4.49. The van der Waals surface area contributed by atoms with Crippen molar-refractivity contribution in [2.45, 2.75) is 22.8 Å². The number of hydrogen-bond acceptors (Lipinski definition) is 5. The number of carbonyl (C=O) groups excluding carboxylic acids is 1. The Balaban J connectivity index is 2.01. The Morgan fingerprint density at radius 2 is 1.88 bits per heavy atom. The molecule has 0 unspecified atom stereocenters. The summed E-state index contributed by atoms with van der Waals surface area (Å²) in [6, 6.07) is 11.0. The normalized spacial score (nSPS) is 14.4. The lowest BCUT2D eigenvalue weighted by Crippen LogP contribution is -2.22. The van der Waals surface area contributed by atoms with Gasteiger partial charge >= 0.3 is 0 Å². The molecule has 7 heteroatoms. The third-order valence-corrected chi connectivity index (χ3v) is 6.16. The topological polar surface area (TPSA) is 102 Å². The molecule has 1 aromatic heterocycles. The molecule has 0 atom stereocenters. The van der Waals surface area contributed by atoms with Crippen LogP contribution in [0.2, 0.25) is 0 Å². The zero-order valence-corrected chi connectivity index (χ0v) is 14.1. The van der Waals surface area contributed by atoms with Gasteiger partial charge in [0.05, 0.1) is 15.4 Å². The Bertz CT molecular complexity index is 1090. The highest BCUT2D eigenvalue weighted by atomic mass is 32.2. The van der Waals surface area contributed by atoms with Crippen LogP contribution in [-0.4, -0.2) is 20.9 Å². The molecule has 0 spiro atoms. The van der Waals surface area contributed by atoms with Crippen LogP contribution < -0.4 is 11.1 Å². The number of furan rings is 1. The lowest BCUT2D eigenvalue weighted by Gasteiger charge is -2.11. The summed E-state index contributed by atoms with van der Waals surface area (Å²) in [4.78, 5) is 12.1. The fraction of sp³-hybridized carbons (Fsp3) is 0.167. The smallest absolute Gasteiger partial charge is 0.252 e. The number of rotatable bonds is 3. The number of primary amides is 1. The average Bonchev–Trinajstić information content (AvgIpc) is 3.00. The Kier molecular flexibility index (Phi) is 3.63. The minimum Gasteiger partial charge on any atom is -0.460 e. The van der Waals surface area contributed by atoms with Gasteiger partial charge in [0, 0.05) is 30.5 Å². The van der Waals surface area contributed by atoms with Crippen LogP contribution in [0.3, 0.4) is 0 Å². The molecular formula is C18H16N2O4S. The molecule has 6 nitrogen and oxygen atoms in total. The summed E-state index contributed by atoms with van der Waals surface area (Å²) in [5.74, 6) is 0.0553.